The van der Waals surface area contributed by atoms with Crippen molar-refractivity contribution in [2.75, 3.05) is 5.32 Å². The zero-order valence-electron chi connectivity index (χ0n) is 15.0. The van der Waals surface area contributed by atoms with Gasteiger partial charge in [0.2, 0.25) is 0 Å². The van der Waals surface area contributed by atoms with Crippen LogP contribution in [-0.4, -0.2) is 22.2 Å². The Labute approximate surface area is 189 Å². The fraction of sp³-hybridized carbons (Fsp3) is 0. The molecule has 0 unspecified atom stereocenters. The molecule has 0 heterocycles. The third-order valence-corrected chi connectivity index (χ3v) is 5.09. The molecule has 0 saturated carbocycles. The SMILES string of the molecule is O=C(Nc1ccc(N=Cc2cc([N+](=O)[O-])cc(Br)c2O)cc1)c1ccc(Cl)cc1Cl. The number of nitrogens with one attached hydrogen (secondary N) is 1. The van der Waals surface area contributed by atoms with E-state index in [1.807, 2.05) is 0 Å². The fourth-order valence-corrected chi connectivity index (χ4v) is 3.41. The van der Waals surface area contributed by atoms with Gasteiger partial charge in [-0.25, -0.2) is 0 Å². The molecule has 152 valence electrons. The van der Waals surface area contributed by atoms with Gasteiger partial charge in [-0.2, -0.15) is 0 Å². The van der Waals surface area contributed by atoms with Crippen LogP contribution >= 0.6 is 39.1 Å². The van der Waals surface area contributed by atoms with Gasteiger partial charge in [0.1, 0.15) is 5.75 Å². The molecule has 0 spiro atoms. The van der Waals surface area contributed by atoms with Gasteiger partial charge in [-0.1, -0.05) is 23.2 Å². The molecular formula is C20H12BrCl2N3O4. The summed E-state index contributed by atoms with van der Waals surface area (Å²) in [5.41, 5.74) is 1.33. The van der Waals surface area contributed by atoms with Gasteiger partial charge in [0.15, 0.2) is 0 Å². The topological polar surface area (TPSA) is 105 Å². The van der Waals surface area contributed by atoms with Crippen molar-refractivity contribution in [2.24, 2.45) is 4.99 Å². The van der Waals surface area contributed by atoms with Gasteiger partial charge in [-0.3, -0.25) is 19.9 Å². The monoisotopic (exact) mass is 507 g/mol. The van der Waals surface area contributed by atoms with Crippen molar-refractivity contribution in [3.63, 3.8) is 0 Å². The molecular weight excluding hydrogens is 497 g/mol. The Morgan fingerprint density at radius 1 is 1.13 bits per heavy atom. The molecule has 0 fully saturated rings. The molecule has 0 bridgehead atoms. The van der Waals surface area contributed by atoms with Crippen LogP contribution in [0.1, 0.15) is 15.9 Å². The van der Waals surface area contributed by atoms with E-state index in [4.69, 9.17) is 23.2 Å². The largest absolute Gasteiger partial charge is 0.506 e. The van der Waals surface area contributed by atoms with E-state index in [9.17, 15) is 20.0 Å². The zero-order chi connectivity index (χ0) is 21.8. The summed E-state index contributed by atoms with van der Waals surface area (Å²) in [4.78, 5) is 26.9. The zero-order valence-corrected chi connectivity index (χ0v) is 18.1. The van der Waals surface area contributed by atoms with Crippen molar-refractivity contribution in [1.29, 1.82) is 0 Å². The highest BCUT2D eigenvalue weighted by atomic mass is 79.9. The van der Waals surface area contributed by atoms with Crippen LogP contribution in [0, 0.1) is 10.1 Å². The number of amides is 1. The van der Waals surface area contributed by atoms with Crippen molar-refractivity contribution in [3.8, 4) is 5.75 Å². The van der Waals surface area contributed by atoms with Crippen molar-refractivity contribution in [1.82, 2.24) is 0 Å². The molecule has 1 amide bonds. The Hall–Kier alpha value is -2.94. The van der Waals surface area contributed by atoms with E-state index in [1.165, 1.54) is 30.5 Å². The number of rotatable bonds is 5. The summed E-state index contributed by atoms with van der Waals surface area (Å²) in [6.07, 6.45) is 1.31. The minimum atomic E-state index is -0.564. The normalized spacial score (nSPS) is 10.9. The lowest BCUT2D eigenvalue weighted by Gasteiger charge is -2.07. The maximum atomic E-state index is 12.3. The number of hydrogen-bond acceptors (Lipinski definition) is 5. The predicted octanol–water partition coefficient (Wildman–Crippen LogP) is 6.37. The van der Waals surface area contributed by atoms with Gasteiger partial charge in [0.05, 0.1) is 25.7 Å². The first-order valence-corrected chi connectivity index (χ1v) is 9.87. The molecule has 0 aliphatic heterocycles. The van der Waals surface area contributed by atoms with Crippen molar-refractivity contribution in [3.05, 3.63) is 90.4 Å². The smallest absolute Gasteiger partial charge is 0.271 e. The Morgan fingerprint density at radius 2 is 1.83 bits per heavy atom. The summed E-state index contributed by atoms with van der Waals surface area (Å²) >= 11 is 15.0. The van der Waals surface area contributed by atoms with Crippen LogP contribution in [-0.2, 0) is 0 Å². The molecule has 0 radical (unpaired) electrons. The first-order valence-electron chi connectivity index (χ1n) is 8.32. The summed E-state index contributed by atoms with van der Waals surface area (Å²) in [7, 11) is 0. The second kappa shape index (κ2) is 9.25. The Balaban J connectivity index is 1.75. The Bertz CT molecular complexity index is 1170. The van der Waals surface area contributed by atoms with E-state index in [-0.39, 0.29) is 38.0 Å². The fourth-order valence-electron chi connectivity index (χ4n) is 2.46. The van der Waals surface area contributed by atoms with E-state index in [0.29, 0.717) is 16.4 Å². The molecule has 0 aromatic heterocycles. The quantitative estimate of drug-likeness (QED) is 0.237. The molecule has 3 rings (SSSR count). The lowest BCUT2D eigenvalue weighted by Crippen LogP contribution is -2.12. The van der Waals surface area contributed by atoms with Gasteiger partial charge < -0.3 is 10.4 Å². The highest BCUT2D eigenvalue weighted by molar-refractivity contribution is 9.10. The van der Waals surface area contributed by atoms with Crippen molar-refractivity contribution in [2.45, 2.75) is 0 Å². The van der Waals surface area contributed by atoms with E-state index >= 15 is 0 Å². The number of halogens is 3. The average Bonchev–Trinajstić information content (AvgIpc) is 2.69. The van der Waals surface area contributed by atoms with Gasteiger partial charge in [-0.15, -0.1) is 0 Å². The van der Waals surface area contributed by atoms with E-state index in [1.54, 1.807) is 30.3 Å². The molecule has 2 N–H and O–H groups in total. The number of phenols is 1. The summed E-state index contributed by atoms with van der Waals surface area (Å²) < 4.78 is 0.192. The maximum Gasteiger partial charge on any atom is 0.271 e. The molecule has 30 heavy (non-hydrogen) atoms. The van der Waals surface area contributed by atoms with Crippen LogP contribution in [0.2, 0.25) is 10.0 Å². The number of phenolic OH excluding ortho intramolecular Hbond substituents is 1. The van der Waals surface area contributed by atoms with E-state index in [0.717, 1.165) is 0 Å². The minimum absolute atomic E-state index is 0.159. The average molecular weight is 509 g/mol. The molecule has 0 saturated heterocycles. The summed E-state index contributed by atoms with van der Waals surface area (Å²) in [5, 5.41) is 24.4. The Kier molecular flexibility index (Phi) is 6.71. The first kappa shape index (κ1) is 21.8. The van der Waals surface area contributed by atoms with Crippen LogP contribution in [0.25, 0.3) is 0 Å². The van der Waals surface area contributed by atoms with Crippen LogP contribution in [0.5, 0.6) is 5.75 Å². The van der Waals surface area contributed by atoms with Crippen LogP contribution in [0.3, 0.4) is 0 Å². The lowest BCUT2D eigenvalue weighted by molar-refractivity contribution is -0.385. The third kappa shape index (κ3) is 5.15. The number of anilines is 1. The maximum absolute atomic E-state index is 12.3. The predicted molar refractivity (Wildman–Crippen MR) is 121 cm³/mol. The van der Waals surface area contributed by atoms with E-state index in [2.05, 4.69) is 26.2 Å². The van der Waals surface area contributed by atoms with E-state index < -0.39 is 4.92 Å². The molecule has 0 atom stereocenters. The van der Waals surface area contributed by atoms with Gasteiger partial charge >= 0.3 is 0 Å². The first-order chi connectivity index (χ1) is 14.2. The molecule has 0 aliphatic rings. The van der Waals surface area contributed by atoms with Gasteiger partial charge in [0, 0.05) is 34.6 Å². The molecule has 3 aromatic carbocycles. The van der Waals surface area contributed by atoms with Gasteiger partial charge in [-0.05, 0) is 58.4 Å². The number of non-ortho nitro benzene ring substituents is 1. The highest BCUT2D eigenvalue weighted by Gasteiger charge is 2.14. The van der Waals surface area contributed by atoms with Gasteiger partial charge in [0.25, 0.3) is 11.6 Å². The minimum Gasteiger partial charge on any atom is -0.506 e. The number of nitro groups is 1. The number of hydrogen-bond donors (Lipinski definition) is 2. The van der Waals surface area contributed by atoms with Crippen LogP contribution in [0.15, 0.2) is 64.1 Å². The number of carbonyl (C=O) groups excluding carboxylic acids is 1. The molecule has 0 aliphatic carbocycles. The molecule has 7 nitrogen and oxygen atoms in total. The second-order valence-corrected chi connectivity index (χ2v) is 7.70. The van der Waals surface area contributed by atoms with Crippen molar-refractivity contribution < 1.29 is 14.8 Å². The summed E-state index contributed by atoms with van der Waals surface area (Å²) in [6, 6.07) is 13.6. The summed E-state index contributed by atoms with van der Waals surface area (Å²) in [5.74, 6) is -0.549. The molecule has 3 aromatic rings. The number of nitrogens with zero attached hydrogens (tertiary/aromatic N) is 2. The number of carbonyl (C=O) groups is 1. The van der Waals surface area contributed by atoms with Crippen molar-refractivity contribution >= 4 is 68.3 Å². The van der Waals surface area contributed by atoms with Crippen LogP contribution < -0.4 is 5.32 Å². The second-order valence-electron chi connectivity index (χ2n) is 6.01. The third-order valence-electron chi connectivity index (χ3n) is 3.94. The lowest BCUT2D eigenvalue weighted by atomic mass is 10.2. The Morgan fingerprint density at radius 3 is 2.47 bits per heavy atom. The standard InChI is InChI=1S/C20H12BrCl2N3O4/c21-17-9-15(26(29)30)7-11(19(17)27)10-24-13-2-4-14(5-3-13)25-20(28)16-6-1-12(22)8-18(16)23/h1-10,27H,(H,25,28). The number of aliphatic imine (C=N–C) groups is 1. The van der Waals surface area contributed by atoms with Crippen LogP contribution in [0.4, 0.5) is 17.1 Å². The highest BCUT2D eigenvalue weighted by Crippen LogP contribution is 2.32. The summed E-state index contributed by atoms with van der Waals surface area (Å²) in [6.45, 7) is 0. The number of nitro benzene ring substituents is 1. The number of benzene rings is 3. The molecule has 10 heteroatoms. The number of aromatic hydroxyl groups is 1.